The van der Waals surface area contributed by atoms with Crippen LogP contribution in [0, 0.1) is 28.4 Å². The zero-order chi connectivity index (χ0) is 9.19. The molecule has 0 heterocycles. The Kier molecular flexibility index (Phi) is 16.1. The Morgan fingerprint density at radius 2 is 1.88 bits per heavy atom. The van der Waals surface area contributed by atoms with Crippen LogP contribution in [0.4, 0.5) is 0 Å². The largest absolute Gasteiger partial charge is 4.00 e. The van der Waals surface area contributed by atoms with E-state index in [2.05, 4.69) is 44.8 Å². The predicted octanol–water partition coefficient (Wildman–Crippen LogP) is 4.85. The summed E-state index contributed by atoms with van der Waals surface area (Å²) in [5.41, 5.74) is 1.31. The fourth-order valence-corrected chi connectivity index (χ4v) is 4.57. The normalized spacial score (nSPS) is 12.3. The van der Waals surface area contributed by atoms with Gasteiger partial charge in [0.05, 0.1) is 0 Å². The van der Waals surface area contributed by atoms with Crippen molar-refractivity contribution in [3.8, 4) is 0 Å². The van der Waals surface area contributed by atoms with Gasteiger partial charge in [-0.3, -0.25) is 6.08 Å². The van der Waals surface area contributed by atoms with E-state index in [4.69, 9.17) is 0 Å². The Bertz CT molecular complexity index is 249. The van der Waals surface area contributed by atoms with Gasteiger partial charge in [0, 0.05) is 8.07 Å². The Hall–Kier alpha value is 0.125. The minimum absolute atomic E-state index is 0. The Labute approximate surface area is 119 Å². The maximum atomic E-state index is 3.98. The summed E-state index contributed by atoms with van der Waals surface area (Å²) in [6.07, 6.45) is 8.89. The molecule has 0 N–H and O–H groups in total. The minimum Gasteiger partial charge on any atom is -0.358 e. The molecule has 0 spiro atoms. The molecule has 2 heteroatoms. The molecule has 0 saturated heterocycles. The maximum absolute atomic E-state index is 3.98. The van der Waals surface area contributed by atoms with Gasteiger partial charge in [0.15, 0.2) is 0 Å². The predicted molar refractivity (Wildman–Crippen MR) is 76.9 cm³/mol. The summed E-state index contributed by atoms with van der Waals surface area (Å²) < 4.78 is 0. The van der Waals surface area contributed by atoms with E-state index in [1.54, 1.807) is 0 Å². The van der Waals surface area contributed by atoms with Gasteiger partial charge in [0.1, 0.15) is 0 Å². The standard InChI is InChI=1S/C11H17Si.3CH3.Pt/c1-10(2)9-12(3,4)11-7-5-6-8-11;;;;/h5,7H,1,6,9H2,2-4H3;3*1H3;/q4*-1;+4. The monoisotopic (exact) mass is 417 g/mol. The molecule has 0 nitrogen and oxygen atoms in total. The van der Waals surface area contributed by atoms with Crippen LogP contribution in [-0.4, -0.2) is 8.07 Å². The molecule has 0 aromatic rings. The Morgan fingerprint density at radius 3 is 2.19 bits per heavy atom. The van der Waals surface area contributed by atoms with Gasteiger partial charge >= 0.3 is 21.1 Å². The van der Waals surface area contributed by atoms with Gasteiger partial charge in [-0.05, 0) is 13.0 Å². The number of allylic oxidation sites excluding steroid dienone is 5. The second kappa shape index (κ2) is 10.3. The van der Waals surface area contributed by atoms with Crippen LogP contribution in [0.25, 0.3) is 0 Å². The average molecular weight is 418 g/mol. The van der Waals surface area contributed by atoms with E-state index in [-0.39, 0.29) is 43.3 Å². The zero-order valence-corrected chi connectivity index (χ0v) is 14.9. The van der Waals surface area contributed by atoms with Crippen LogP contribution < -0.4 is 0 Å². The maximum Gasteiger partial charge on any atom is 4.00 e. The van der Waals surface area contributed by atoms with E-state index in [0.29, 0.717) is 0 Å². The van der Waals surface area contributed by atoms with E-state index in [1.165, 1.54) is 16.8 Å². The van der Waals surface area contributed by atoms with Crippen LogP contribution in [0.5, 0.6) is 0 Å². The summed E-state index contributed by atoms with van der Waals surface area (Å²) >= 11 is 0. The summed E-state index contributed by atoms with van der Waals surface area (Å²) in [5.74, 6) is 0. The van der Waals surface area contributed by atoms with Crippen LogP contribution in [0.2, 0.25) is 19.1 Å². The summed E-state index contributed by atoms with van der Waals surface area (Å²) in [5, 5.41) is 1.48. The third kappa shape index (κ3) is 7.41. The van der Waals surface area contributed by atoms with E-state index < -0.39 is 8.07 Å². The third-order valence-electron chi connectivity index (χ3n) is 2.17. The average Bonchev–Trinajstić information content (AvgIpc) is 2.32. The molecule has 0 fully saturated rings. The Balaban J connectivity index is -0.000000180. The van der Waals surface area contributed by atoms with Crippen molar-refractivity contribution in [2.75, 3.05) is 0 Å². The molecule has 0 aromatic heterocycles. The fourth-order valence-electron chi connectivity index (χ4n) is 1.72. The molecule has 0 atom stereocenters. The molecule has 0 unspecified atom stereocenters. The van der Waals surface area contributed by atoms with E-state index in [9.17, 15) is 0 Å². The van der Waals surface area contributed by atoms with Crippen molar-refractivity contribution in [1.29, 1.82) is 0 Å². The first kappa shape index (κ1) is 25.1. The van der Waals surface area contributed by atoms with Crippen LogP contribution in [0.3, 0.4) is 0 Å². The molecule has 0 saturated carbocycles. The van der Waals surface area contributed by atoms with Crippen molar-refractivity contribution < 1.29 is 21.1 Å². The van der Waals surface area contributed by atoms with Crippen molar-refractivity contribution in [2.45, 2.75) is 32.5 Å². The topological polar surface area (TPSA) is 0 Å². The first-order chi connectivity index (χ1) is 5.52. The van der Waals surface area contributed by atoms with Gasteiger partial charge in [-0.15, -0.1) is 13.0 Å². The molecule has 1 rings (SSSR count). The first-order valence-corrected chi connectivity index (χ1v) is 7.65. The van der Waals surface area contributed by atoms with Crippen molar-refractivity contribution in [2.24, 2.45) is 0 Å². The van der Waals surface area contributed by atoms with Gasteiger partial charge in [0.25, 0.3) is 0 Å². The zero-order valence-electron chi connectivity index (χ0n) is 11.6. The van der Waals surface area contributed by atoms with Crippen LogP contribution in [0.1, 0.15) is 13.3 Å². The molecule has 0 aliphatic heterocycles. The smallest absolute Gasteiger partial charge is 0.358 e. The number of hydrogen-bond acceptors (Lipinski definition) is 0. The van der Waals surface area contributed by atoms with Crippen molar-refractivity contribution in [3.05, 3.63) is 57.9 Å². The van der Waals surface area contributed by atoms with E-state index in [0.717, 1.165) is 6.42 Å². The van der Waals surface area contributed by atoms with E-state index in [1.807, 2.05) is 0 Å². The fraction of sp³-hybridized carbons (Fsp3) is 0.357. The third-order valence-corrected chi connectivity index (χ3v) is 5.46. The number of rotatable bonds is 3. The second-order valence-electron chi connectivity index (χ2n) is 4.21. The summed E-state index contributed by atoms with van der Waals surface area (Å²) in [6, 6.07) is 1.19. The molecule has 0 bridgehead atoms. The molecule has 96 valence electrons. The van der Waals surface area contributed by atoms with Crippen molar-refractivity contribution in [1.82, 2.24) is 0 Å². The summed E-state index contributed by atoms with van der Waals surface area (Å²) in [6.45, 7) is 10.9. The van der Waals surface area contributed by atoms with Gasteiger partial charge in [-0.2, -0.15) is 6.08 Å². The molecular formula is C14H26PtSi. The molecule has 16 heavy (non-hydrogen) atoms. The van der Waals surface area contributed by atoms with E-state index >= 15 is 0 Å². The van der Waals surface area contributed by atoms with Crippen LogP contribution in [0.15, 0.2) is 29.5 Å². The molecule has 0 radical (unpaired) electrons. The quantitative estimate of drug-likeness (QED) is 0.350. The van der Waals surface area contributed by atoms with Crippen LogP contribution >= 0.6 is 0 Å². The molecule has 1 aliphatic rings. The summed E-state index contributed by atoms with van der Waals surface area (Å²) in [4.78, 5) is 0. The number of hydrogen-bond donors (Lipinski definition) is 0. The van der Waals surface area contributed by atoms with Gasteiger partial charge < -0.3 is 22.3 Å². The van der Waals surface area contributed by atoms with Gasteiger partial charge in [-0.25, -0.2) is 11.3 Å². The SMILES string of the molecule is C=C(C)C[Si](C)(C)C1=[C-]CC=C1.[CH3-].[CH3-].[CH3-].[Pt+4]. The van der Waals surface area contributed by atoms with Gasteiger partial charge in [-0.1, -0.05) is 18.7 Å². The molecule has 0 aromatic carbocycles. The molecule has 1 aliphatic carbocycles. The van der Waals surface area contributed by atoms with Crippen molar-refractivity contribution >= 4 is 8.07 Å². The molecule has 0 amide bonds. The van der Waals surface area contributed by atoms with Crippen molar-refractivity contribution in [3.63, 3.8) is 0 Å². The summed E-state index contributed by atoms with van der Waals surface area (Å²) in [7, 11) is -1.21. The molecular weight excluding hydrogens is 391 g/mol. The minimum atomic E-state index is -1.21. The second-order valence-corrected chi connectivity index (χ2v) is 8.87. The van der Waals surface area contributed by atoms with Gasteiger partial charge in [0.2, 0.25) is 0 Å². The Morgan fingerprint density at radius 1 is 1.38 bits per heavy atom. The van der Waals surface area contributed by atoms with Crippen LogP contribution in [-0.2, 0) is 21.1 Å². The first-order valence-electron chi connectivity index (χ1n) is 4.44.